The molecule has 0 saturated heterocycles. The summed E-state index contributed by atoms with van der Waals surface area (Å²) in [5.41, 5.74) is 4.61. The molecular formula is C12H9I. The van der Waals surface area contributed by atoms with Crippen LogP contribution in [0, 0.1) is 0 Å². The van der Waals surface area contributed by atoms with Gasteiger partial charge < -0.3 is 0 Å². The first-order chi connectivity index (χ1) is 6.45. The normalized spacial score (nSPS) is 18.2. The average molecular weight is 280 g/mol. The van der Waals surface area contributed by atoms with Crippen LogP contribution >= 0.6 is 20.7 Å². The molecule has 0 radical (unpaired) electrons. The van der Waals surface area contributed by atoms with Gasteiger partial charge in [-0.25, -0.2) is 0 Å². The van der Waals surface area contributed by atoms with Crippen LogP contribution in [0.25, 0.3) is 3.58 Å². The largest absolute Gasteiger partial charge is 0.0847 e. The Kier molecular flexibility index (Phi) is 1.72. The Bertz CT molecular complexity index is 450. The van der Waals surface area contributed by atoms with E-state index in [1.54, 1.807) is 9.15 Å². The molecule has 0 bridgehead atoms. The van der Waals surface area contributed by atoms with E-state index in [9.17, 15) is 0 Å². The molecule has 1 aromatic carbocycles. The van der Waals surface area contributed by atoms with E-state index in [4.69, 9.17) is 0 Å². The Morgan fingerprint density at radius 3 is 3.08 bits per heavy atom. The third-order valence-corrected chi connectivity index (χ3v) is 5.13. The van der Waals surface area contributed by atoms with Gasteiger partial charge in [-0.15, -0.1) is 0 Å². The summed E-state index contributed by atoms with van der Waals surface area (Å²) in [6, 6.07) is 8.81. The summed E-state index contributed by atoms with van der Waals surface area (Å²) in [6.07, 6.45) is 5.66. The predicted octanol–water partition coefficient (Wildman–Crippen LogP) is 3.30. The monoisotopic (exact) mass is 280 g/mol. The smallest absolute Gasteiger partial charge is 0.0188 e. The molecule has 0 N–H and O–H groups in total. The van der Waals surface area contributed by atoms with Gasteiger partial charge in [0.25, 0.3) is 0 Å². The van der Waals surface area contributed by atoms with Crippen LogP contribution in [-0.4, -0.2) is 4.01 Å². The van der Waals surface area contributed by atoms with Gasteiger partial charge in [-0.2, -0.15) is 0 Å². The minimum atomic E-state index is 0.150. The maximum absolute atomic E-state index is 2.35. The molecule has 1 heterocycles. The molecule has 1 aliphatic heterocycles. The van der Waals surface area contributed by atoms with Crippen molar-refractivity contribution in [2.45, 2.75) is 6.42 Å². The maximum atomic E-state index is 2.35. The second-order valence-corrected chi connectivity index (χ2v) is 5.69. The number of halogens is 1. The van der Waals surface area contributed by atoms with E-state index in [1.165, 1.54) is 11.1 Å². The Morgan fingerprint density at radius 1 is 1.15 bits per heavy atom. The highest BCUT2D eigenvalue weighted by molar-refractivity contribution is 14.2. The zero-order valence-electron chi connectivity index (χ0n) is 7.13. The van der Waals surface area contributed by atoms with Crippen molar-refractivity contribution in [3.05, 3.63) is 53.1 Å². The van der Waals surface area contributed by atoms with Crippen molar-refractivity contribution in [2.24, 2.45) is 0 Å². The number of fused-ring (bicyclic) bond motifs is 2. The number of hydrogen-bond donors (Lipinski definition) is 0. The molecule has 2 aliphatic rings. The molecule has 1 aliphatic carbocycles. The van der Waals surface area contributed by atoms with E-state index in [2.05, 4.69) is 40.4 Å². The molecule has 1 heteroatoms. The average Bonchev–Trinajstić information content (AvgIpc) is 2.56. The summed E-state index contributed by atoms with van der Waals surface area (Å²) >= 11 is 0.150. The molecule has 1 aromatic rings. The minimum Gasteiger partial charge on any atom is -0.0847 e. The highest BCUT2D eigenvalue weighted by atomic mass is 127. The Hall–Kier alpha value is -0.700. The topological polar surface area (TPSA) is 0 Å². The summed E-state index contributed by atoms with van der Waals surface area (Å²) < 4.78 is 4.00. The van der Waals surface area contributed by atoms with Crippen molar-refractivity contribution in [2.75, 3.05) is 0 Å². The van der Waals surface area contributed by atoms with Crippen molar-refractivity contribution in [1.82, 2.24) is 0 Å². The minimum absolute atomic E-state index is 0.150. The number of allylic oxidation sites excluding steroid dienone is 3. The van der Waals surface area contributed by atoms with E-state index in [0.29, 0.717) is 0 Å². The third kappa shape index (κ3) is 1.14. The molecule has 64 valence electrons. The van der Waals surface area contributed by atoms with Gasteiger partial charge >= 0.3 is 0 Å². The van der Waals surface area contributed by atoms with Crippen LogP contribution in [-0.2, 0) is 6.42 Å². The van der Waals surface area contributed by atoms with E-state index in [-0.39, 0.29) is 20.7 Å². The molecule has 0 unspecified atom stereocenters. The maximum Gasteiger partial charge on any atom is 0.0188 e. The predicted molar refractivity (Wildman–Crippen MR) is 66.3 cm³/mol. The van der Waals surface area contributed by atoms with Gasteiger partial charge in [-0.3, -0.25) is 0 Å². The molecule has 3 rings (SSSR count). The van der Waals surface area contributed by atoms with Crippen molar-refractivity contribution in [3.63, 3.8) is 0 Å². The summed E-state index contributed by atoms with van der Waals surface area (Å²) in [5.74, 6) is 0. The van der Waals surface area contributed by atoms with E-state index in [1.807, 2.05) is 0 Å². The third-order valence-electron chi connectivity index (χ3n) is 2.46. The van der Waals surface area contributed by atoms with Crippen LogP contribution in [0.15, 0.2) is 42.0 Å². The van der Waals surface area contributed by atoms with Gasteiger partial charge in [0.05, 0.1) is 0 Å². The van der Waals surface area contributed by atoms with Gasteiger partial charge in [-0.05, 0) is 27.1 Å². The van der Waals surface area contributed by atoms with Gasteiger partial charge in [0.1, 0.15) is 0 Å². The van der Waals surface area contributed by atoms with Gasteiger partial charge in [0.2, 0.25) is 0 Å². The van der Waals surface area contributed by atoms with Crippen LogP contribution in [0.2, 0.25) is 0 Å². The standard InChI is InChI=1S/C12H9I/c1-2-6-11-9(4-1)8-10-5-3-7-13-12(10)11/h1-7H,8H2. The van der Waals surface area contributed by atoms with E-state index in [0.717, 1.165) is 6.42 Å². The fourth-order valence-corrected chi connectivity index (χ4v) is 4.26. The number of rotatable bonds is 0. The highest BCUT2D eigenvalue weighted by Crippen LogP contribution is 2.41. The first kappa shape index (κ1) is 7.68. The highest BCUT2D eigenvalue weighted by Gasteiger charge is 2.18. The van der Waals surface area contributed by atoms with E-state index >= 15 is 0 Å². The lowest BCUT2D eigenvalue weighted by molar-refractivity contribution is 1.25. The summed E-state index contributed by atoms with van der Waals surface area (Å²) in [7, 11) is 0. The van der Waals surface area contributed by atoms with Gasteiger partial charge in [0, 0.05) is 3.58 Å². The summed E-state index contributed by atoms with van der Waals surface area (Å²) in [5, 5.41) is 0. The summed E-state index contributed by atoms with van der Waals surface area (Å²) in [6.45, 7) is 0. The lowest BCUT2D eigenvalue weighted by atomic mass is 10.1. The van der Waals surface area contributed by atoms with E-state index < -0.39 is 0 Å². The van der Waals surface area contributed by atoms with Crippen LogP contribution in [0.3, 0.4) is 0 Å². The van der Waals surface area contributed by atoms with Crippen LogP contribution < -0.4 is 0 Å². The molecule has 0 saturated carbocycles. The lowest BCUT2D eigenvalue weighted by Crippen LogP contribution is -1.80. The molecule has 0 amide bonds. The molecule has 0 atom stereocenters. The van der Waals surface area contributed by atoms with Crippen molar-refractivity contribution in [3.8, 4) is 0 Å². The Balaban J connectivity index is 2.24. The first-order valence-corrected chi connectivity index (χ1v) is 6.72. The SMILES string of the molecule is C1=CC2=C(I=C1)c1ccccc1C2. The van der Waals surface area contributed by atoms with Crippen LogP contribution in [0.5, 0.6) is 0 Å². The zero-order chi connectivity index (χ0) is 8.67. The first-order valence-electron chi connectivity index (χ1n) is 4.40. The van der Waals surface area contributed by atoms with Gasteiger partial charge in [0.15, 0.2) is 0 Å². The Morgan fingerprint density at radius 2 is 2.08 bits per heavy atom. The Labute approximate surface area is 87.7 Å². The molecular weight excluding hydrogens is 271 g/mol. The van der Waals surface area contributed by atoms with Crippen LogP contribution in [0.1, 0.15) is 11.1 Å². The van der Waals surface area contributed by atoms with Crippen LogP contribution in [0.4, 0.5) is 0 Å². The molecule has 13 heavy (non-hydrogen) atoms. The quantitative estimate of drug-likeness (QED) is 0.640. The number of hydrogen-bond acceptors (Lipinski definition) is 0. The fraction of sp³-hybridized carbons (Fsp3) is 0.0833. The zero-order valence-corrected chi connectivity index (χ0v) is 9.28. The molecule has 0 spiro atoms. The number of benzene rings is 1. The van der Waals surface area contributed by atoms with Crippen molar-refractivity contribution in [1.29, 1.82) is 0 Å². The summed E-state index contributed by atoms with van der Waals surface area (Å²) in [4.78, 5) is 0. The molecule has 0 aromatic heterocycles. The fourth-order valence-electron chi connectivity index (χ4n) is 1.86. The van der Waals surface area contributed by atoms with Crippen molar-refractivity contribution < 1.29 is 0 Å². The lowest BCUT2D eigenvalue weighted by Gasteiger charge is -2.01. The molecule has 0 fully saturated rings. The second kappa shape index (κ2) is 2.91. The molecule has 0 nitrogen and oxygen atoms in total. The van der Waals surface area contributed by atoms with Gasteiger partial charge in [-0.1, -0.05) is 57.1 Å². The second-order valence-electron chi connectivity index (χ2n) is 3.27. The van der Waals surface area contributed by atoms with Crippen molar-refractivity contribution >= 4 is 28.3 Å².